The van der Waals surface area contributed by atoms with Crippen molar-refractivity contribution in [2.24, 2.45) is 0 Å². The molecule has 1 aromatic carbocycles. The van der Waals surface area contributed by atoms with Gasteiger partial charge in [-0.1, -0.05) is 24.2 Å². The maximum absolute atomic E-state index is 13.0. The van der Waals surface area contributed by atoms with Crippen molar-refractivity contribution in [2.75, 3.05) is 0 Å². The maximum atomic E-state index is 13.0. The number of aryl methyl sites for hydroxylation is 1. The first-order chi connectivity index (χ1) is 9.04. The predicted molar refractivity (Wildman–Crippen MR) is 63.2 cm³/mol. The topological polar surface area (TPSA) is 63.3 Å². The van der Waals surface area contributed by atoms with Crippen molar-refractivity contribution in [3.05, 3.63) is 41.2 Å². The number of alkyl halides is 2. The fourth-order valence-corrected chi connectivity index (χ4v) is 1.79. The van der Waals surface area contributed by atoms with E-state index in [0.717, 1.165) is 0 Å². The number of hydrogen-bond donors (Lipinski definition) is 1. The molecule has 0 spiro atoms. The average molecular weight is 267 g/mol. The van der Waals surface area contributed by atoms with Crippen LogP contribution in [0.1, 0.15) is 35.0 Å². The molecule has 0 aliphatic carbocycles. The molecule has 1 heterocycles. The summed E-state index contributed by atoms with van der Waals surface area (Å²) in [6, 6.07) is 5.56. The van der Waals surface area contributed by atoms with E-state index < -0.39 is 12.4 Å². The van der Waals surface area contributed by atoms with E-state index in [1.54, 1.807) is 6.92 Å². The molecule has 0 saturated carbocycles. The molecule has 4 nitrogen and oxygen atoms in total. The molecule has 1 aromatic heterocycles. The van der Waals surface area contributed by atoms with E-state index >= 15 is 0 Å². The van der Waals surface area contributed by atoms with Crippen LogP contribution in [0.5, 0.6) is 0 Å². The molecule has 0 saturated heterocycles. The second kappa shape index (κ2) is 5.17. The minimum atomic E-state index is -2.68. The summed E-state index contributed by atoms with van der Waals surface area (Å²) < 4.78 is 30.9. The molecular formula is C13H11F2NO3. The Morgan fingerprint density at radius 1 is 1.37 bits per heavy atom. The Morgan fingerprint density at radius 2 is 2.00 bits per heavy atom. The van der Waals surface area contributed by atoms with E-state index in [2.05, 4.69) is 5.16 Å². The van der Waals surface area contributed by atoms with Gasteiger partial charge in [0, 0.05) is 12.0 Å². The fraction of sp³-hybridized carbons (Fsp3) is 0.231. The number of hydrogen-bond acceptors (Lipinski definition) is 3. The van der Waals surface area contributed by atoms with Gasteiger partial charge in [-0.2, -0.15) is 0 Å². The van der Waals surface area contributed by atoms with Gasteiger partial charge in [-0.15, -0.1) is 0 Å². The molecule has 0 fully saturated rings. The number of carboxylic acids is 1. The Balaban J connectivity index is 2.47. The van der Waals surface area contributed by atoms with E-state index in [1.165, 1.54) is 24.3 Å². The summed E-state index contributed by atoms with van der Waals surface area (Å²) in [4.78, 5) is 10.7. The van der Waals surface area contributed by atoms with Crippen molar-refractivity contribution >= 4 is 5.97 Å². The van der Waals surface area contributed by atoms with Crippen molar-refractivity contribution < 1.29 is 23.2 Å². The molecule has 0 radical (unpaired) electrons. The monoisotopic (exact) mass is 267 g/mol. The van der Waals surface area contributed by atoms with Crippen molar-refractivity contribution in [2.45, 2.75) is 19.8 Å². The van der Waals surface area contributed by atoms with Crippen LogP contribution in [0.3, 0.4) is 0 Å². The second-order valence-corrected chi connectivity index (χ2v) is 3.90. The molecule has 0 unspecified atom stereocenters. The van der Waals surface area contributed by atoms with E-state index in [4.69, 9.17) is 9.63 Å². The first-order valence-electron chi connectivity index (χ1n) is 5.65. The van der Waals surface area contributed by atoms with Crippen LogP contribution in [0.2, 0.25) is 0 Å². The SMILES string of the molecule is CCc1onc(-c2ccc(C(=O)O)cc2)c1C(F)F. The van der Waals surface area contributed by atoms with Crippen molar-refractivity contribution in [3.63, 3.8) is 0 Å². The van der Waals surface area contributed by atoms with Gasteiger partial charge in [-0.05, 0) is 12.1 Å². The van der Waals surface area contributed by atoms with Gasteiger partial charge in [0.05, 0.1) is 11.1 Å². The van der Waals surface area contributed by atoms with Crippen LogP contribution in [-0.4, -0.2) is 16.2 Å². The van der Waals surface area contributed by atoms with Crippen LogP contribution in [-0.2, 0) is 6.42 Å². The summed E-state index contributed by atoms with van der Waals surface area (Å²) in [7, 11) is 0. The third-order valence-corrected chi connectivity index (χ3v) is 2.75. The molecule has 0 aliphatic rings. The summed E-state index contributed by atoms with van der Waals surface area (Å²) in [5.41, 5.74) is 0.319. The molecule has 2 rings (SSSR count). The number of aromatic carboxylic acids is 1. The summed E-state index contributed by atoms with van der Waals surface area (Å²) in [5, 5.41) is 12.4. The number of aromatic nitrogens is 1. The lowest BCUT2D eigenvalue weighted by molar-refractivity contribution is 0.0697. The Morgan fingerprint density at radius 3 is 2.47 bits per heavy atom. The third-order valence-electron chi connectivity index (χ3n) is 2.75. The predicted octanol–water partition coefficient (Wildman–Crippen LogP) is 3.54. The largest absolute Gasteiger partial charge is 0.478 e. The average Bonchev–Trinajstić information content (AvgIpc) is 2.82. The molecule has 2 aromatic rings. The minimum Gasteiger partial charge on any atom is -0.478 e. The molecule has 6 heteroatoms. The Labute approximate surface area is 107 Å². The molecule has 0 bridgehead atoms. The molecule has 0 atom stereocenters. The first-order valence-corrected chi connectivity index (χ1v) is 5.65. The van der Waals surface area contributed by atoms with Gasteiger partial charge in [0.15, 0.2) is 0 Å². The summed E-state index contributed by atoms with van der Waals surface area (Å²) in [6.45, 7) is 1.70. The van der Waals surface area contributed by atoms with Crippen LogP contribution >= 0.6 is 0 Å². The molecule has 19 heavy (non-hydrogen) atoms. The second-order valence-electron chi connectivity index (χ2n) is 3.90. The molecular weight excluding hydrogens is 256 g/mol. The third kappa shape index (κ3) is 2.47. The van der Waals surface area contributed by atoms with Crippen molar-refractivity contribution in [1.29, 1.82) is 0 Å². The zero-order chi connectivity index (χ0) is 14.0. The van der Waals surface area contributed by atoms with Crippen LogP contribution in [0.25, 0.3) is 11.3 Å². The van der Waals surface area contributed by atoms with Gasteiger partial charge in [0.25, 0.3) is 6.43 Å². The van der Waals surface area contributed by atoms with E-state index in [9.17, 15) is 13.6 Å². The Bertz CT molecular complexity index is 590. The highest BCUT2D eigenvalue weighted by molar-refractivity contribution is 5.88. The van der Waals surface area contributed by atoms with Gasteiger partial charge < -0.3 is 9.63 Å². The lowest BCUT2D eigenvalue weighted by Gasteiger charge is -2.02. The van der Waals surface area contributed by atoms with Crippen molar-refractivity contribution in [1.82, 2.24) is 5.16 Å². The zero-order valence-corrected chi connectivity index (χ0v) is 10.1. The number of rotatable bonds is 4. The number of carbonyl (C=O) groups is 1. The standard InChI is InChI=1S/C13H11F2NO3/c1-2-9-10(12(14)15)11(16-19-9)7-3-5-8(6-4-7)13(17)18/h3-6,12H,2H2,1H3,(H,17,18). The van der Waals surface area contributed by atoms with Crippen LogP contribution in [0.4, 0.5) is 8.78 Å². The summed E-state index contributed by atoms with van der Waals surface area (Å²) >= 11 is 0. The number of benzene rings is 1. The maximum Gasteiger partial charge on any atom is 0.335 e. The highest BCUT2D eigenvalue weighted by Gasteiger charge is 2.24. The van der Waals surface area contributed by atoms with E-state index in [-0.39, 0.29) is 22.6 Å². The van der Waals surface area contributed by atoms with Gasteiger partial charge >= 0.3 is 5.97 Å². The molecule has 0 amide bonds. The van der Waals surface area contributed by atoms with Gasteiger partial charge in [0.1, 0.15) is 11.5 Å². The number of halogens is 2. The van der Waals surface area contributed by atoms with Gasteiger partial charge in [-0.25, -0.2) is 13.6 Å². The molecule has 0 aliphatic heterocycles. The van der Waals surface area contributed by atoms with Crippen LogP contribution in [0, 0.1) is 0 Å². The Hall–Kier alpha value is -2.24. The van der Waals surface area contributed by atoms with E-state index in [0.29, 0.717) is 12.0 Å². The highest BCUT2D eigenvalue weighted by Crippen LogP contribution is 2.33. The summed E-state index contributed by atoms with van der Waals surface area (Å²) in [6.07, 6.45) is -2.37. The summed E-state index contributed by atoms with van der Waals surface area (Å²) in [5.74, 6) is -0.928. The van der Waals surface area contributed by atoms with E-state index in [1.807, 2.05) is 0 Å². The molecule has 100 valence electrons. The van der Waals surface area contributed by atoms with Crippen LogP contribution < -0.4 is 0 Å². The van der Waals surface area contributed by atoms with Crippen LogP contribution in [0.15, 0.2) is 28.8 Å². The minimum absolute atomic E-state index is 0.0591. The highest BCUT2D eigenvalue weighted by atomic mass is 19.3. The number of nitrogens with zero attached hydrogens (tertiary/aromatic N) is 1. The van der Waals surface area contributed by atoms with Crippen molar-refractivity contribution in [3.8, 4) is 11.3 Å². The number of carboxylic acid groups (broad SMARTS) is 1. The lowest BCUT2D eigenvalue weighted by Crippen LogP contribution is -1.96. The normalized spacial score (nSPS) is 10.9. The smallest absolute Gasteiger partial charge is 0.335 e. The van der Waals surface area contributed by atoms with Gasteiger partial charge in [-0.3, -0.25) is 0 Å². The quantitative estimate of drug-likeness (QED) is 0.920. The lowest BCUT2D eigenvalue weighted by atomic mass is 10.0. The Kier molecular flexibility index (Phi) is 3.59. The van der Waals surface area contributed by atoms with Gasteiger partial charge in [0.2, 0.25) is 0 Å². The molecule has 1 N–H and O–H groups in total. The fourth-order valence-electron chi connectivity index (χ4n) is 1.79. The first kappa shape index (κ1) is 13.2. The zero-order valence-electron chi connectivity index (χ0n) is 10.1.